The Balaban J connectivity index is 2.64. The van der Waals surface area contributed by atoms with Crippen LogP contribution in [0.2, 0.25) is 0 Å². The Morgan fingerprint density at radius 2 is 1.80 bits per heavy atom. The summed E-state index contributed by atoms with van der Waals surface area (Å²) in [4.78, 5) is 0. The summed E-state index contributed by atoms with van der Waals surface area (Å²) in [6.07, 6.45) is 0. The lowest BCUT2D eigenvalue weighted by Gasteiger charge is -2.23. The van der Waals surface area contributed by atoms with E-state index in [1.807, 2.05) is 6.07 Å². The minimum Gasteiger partial charge on any atom is -0.307 e. The van der Waals surface area contributed by atoms with Crippen molar-refractivity contribution >= 4 is 0 Å². The van der Waals surface area contributed by atoms with Crippen LogP contribution in [-0.2, 0) is 0 Å². The molecule has 2 heteroatoms. The zero-order valence-electron chi connectivity index (χ0n) is 9.92. The summed E-state index contributed by atoms with van der Waals surface area (Å²) in [6, 6.07) is 7.39. The van der Waals surface area contributed by atoms with Crippen molar-refractivity contribution in [2.45, 2.75) is 39.8 Å². The largest absolute Gasteiger partial charge is 0.307 e. The van der Waals surface area contributed by atoms with Crippen LogP contribution in [0.4, 0.5) is 4.39 Å². The first-order valence-electron chi connectivity index (χ1n) is 5.52. The lowest BCUT2D eigenvalue weighted by Crippen LogP contribution is -2.33. The Morgan fingerprint density at radius 3 is 2.33 bits per heavy atom. The van der Waals surface area contributed by atoms with Crippen molar-refractivity contribution in [3.05, 3.63) is 35.6 Å². The van der Waals surface area contributed by atoms with Gasteiger partial charge in [0.25, 0.3) is 0 Å². The molecule has 0 aliphatic rings. The average Bonchev–Trinajstić information content (AvgIpc) is 2.17. The summed E-state index contributed by atoms with van der Waals surface area (Å²) >= 11 is 0. The van der Waals surface area contributed by atoms with Gasteiger partial charge in [-0.25, -0.2) is 4.39 Å². The second kappa shape index (κ2) is 5.26. The summed E-state index contributed by atoms with van der Waals surface area (Å²) in [7, 11) is 0. The standard InChI is InChI=1S/C13H20FN/c1-9(2)10(3)15-11(4)12-6-5-7-13(14)8-12/h5-11,15H,1-4H3/t10?,11-/m1/s1. The number of nitrogens with one attached hydrogen (secondary N) is 1. The fourth-order valence-electron chi connectivity index (χ4n) is 1.46. The van der Waals surface area contributed by atoms with Gasteiger partial charge in [-0.2, -0.15) is 0 Å². The third-order valence-corrected chi connectivity index (χ3v) is 2.86. The molecule has 0 aromatic heterocycles. The van der Waals surface area contributed by atoms with Gasteiger partial charge in [-0.1, -0.05) is 26.0 Å². The molecule has 1 rings (SSSR count). The molecule has 1 nitrogen and oxygen atoms in total. The molecule has 2 atom stereocenters. The Hall–Kier alpha value is -0.890. The topological polar surface area (TPSA) is 12.0 Å². The quantitative estimate of drug-likeness (QED) is 0.800. The summed E-state index contributed by atoms with van der Waals surface area (Å²) in [5.74, 6) is 0.416. The van der Waals surface area contributed by atoms with Crippen LogP contribution >= 0.6 is 0 Å². The first-order chi connectivity index (χ1) is 7.00. The summed E-state index contributed by atoms with van der Waals surface area (Å²) in [5, 5.41) is 3.46. The average molecular weight is 209 g/mol. The molecule has 0 amide bonds. The SMILES string of the molecule is CC(C)C(C)N[C@H](C)c1cccc(F)c1. The Morgan fingerprint density at radius 1 is 1.13 bits per heavy atom. The maximum Gasteiger partial charge on any atom is 0.123 e. The highest BCUT2D eigenvalue weighted by Gasteiger charge is 2.12. The number of benzene rings is 1. The first-order valence-corrected chi connectivity index (χ1v) is 5.52. The molecule has 1 unspecified atom stereocenters. The molecule has 0 heterocycles. The number of hydrogen-bond acceptors (Lipinski definition) is 1. The monoisotopic (exact) mass is 209 g/mol. The van der Waals surface area contributed by atoms with E-state index in [1.54, 1.807) is 12.1 Å². The van der Waals surface area contributed by atoms with E-state index in [1.165, 1.54) is 6.07 Å². The van der Waals surface area contributed by atoms with Gasteiger partial charge in [-0.05, 0) is 37.5 Å². The van der Waals surface area contributed by atoms with Gasteiger partial charge in [-0.15, -0.1) is 0 Å². The normalized spacial score (nSPS) is 15.3. The van der Waals surface area contributed by atoms with Crippen LogP contribution in [0.1, 0.15) is 39.3 Å². The van der Waals surface area contributed by atoms with E-state index < -0.39 is 0 Å². The van der Waals surface area contributed by atoms with Crippen molar-refractivity contribution in [2.75, 3.05) is 0 Å². The molecule has 0 saturated carbocycles. The highest BCUT2D eigenvalue weighted by atomic mass is 19.1. The molecule has 0 saturated heterocycles. The lowest BCUT2D eigenvalue weighted by molar-refractivity contribution is 0.388. The first kappa shape index (κ1) is 12.2. The minimum atomic E-state index is -0.168. The van der Waals surface area contributed by atoms with Gasteiger partial charge < -0.3 is 5.32 Å². The van der Waals surface area contributed by atoms with Crippen LogP contribution in [0.5, 0.6) is 0 Å². The van der Waals surface area contributed by atoms with Crippen LogP contribution in [0.15, 0.2) is 24.3 Å². The van der Waals surface area contributed by atoms with Crippen LogP contribution < -0.4 is 5.32 Å². The molecule has 0 bridgehead atoms. The molecule has 0 spiro atoms. The third-order valence-electron chi connectivity index (χ3n) is 2.86. The molecule has 0 aliphatic carbocycles. The van der Waals surface area contributed by atoms with Crippen LogP contribution in [0.3, 0.4) is 0 Å². The Bertz CT molecular complexity index is 309. The highest BCUT2D eigenvalue weighted by molar-refractivity contribution is 5.19. The Labute approximate surface area is 91.7 Å². The lowest BCUT2D eigenvalue weighted by atomic mass is 10.0. The predicted octanol–water partition coefficient (Wildman–Crippen LogP) is 3.52. The second-order valence-corrected chi connectivity index (χ2v) is 4.48. The van der Waals surface area contributed by atoms with Gasteiger partial charge in [0.15, 0.2) is 0 Å². The molecular formula is C13H20FN. The Kier molecular flexibility index (Phi) is 4.28. The minimum absolute atomic E-state index is 0.168. The maximum atomic E-state index is 13.0. The van der Waals surface area contributed by atoms with E-state index in [-0.39, 0.29) is 11.9 Å². The van der Waals surface area contributed by atoms with E-state index in [4.69, 9.17) is 0 Å². The van der Waals surface area contributed by atoms with Gasteiger partial charge in [-0.3, -0.25) is 0 Å². The second-order valence-electron chi connectivity index (χ2n) is 4.48. The molecule has 1 N–H and O–H groups in total. The van der Waals surface area contributed by atoms with Crippen molar-refractivity contribution in [1.82, 2.24) is 5.32 Å². The van der Waals surface area contributed by atoms with E-state index >= 15 is 0 Å². The van der Waals surface area contributed by atoms with E-state index in [0.717, 1.165) is 5.56 Å². The molecular weight excluding hydrogens is 189 g/mol. The zero-order valence-corrected chi connectivity index (χ0v) is 9.92. The van der Waals surface area contributed by atoms with Crippen LogP contribution in [0.25, 0.3) is 0 Å². The summed E-state index contributed by atoms with van der Waals surface area (Å²) in [5.41, 5.74) is 1.00. The number of rotatable bonds is 4. The third kappa shape index (κ3) is 3.63. The van der Waals surface area contributed by atoms with Crippen molar-refractivity contribution < 1.29 is 4.39 Å². The summed E-state index contributed by atoms with van der Waals surface area (Å²) in [6.45, 7) is 8.57. The molecule has 0 radical (unpaired) electrons. The van der Waals surface area contributed by atoms with Gasteiger partial charge >= 0.3 is 0 Å². The van der Waals surface area contributed by atoms with Crippen molar-refractivity contribution in [1.29, 1.82) is 0 Å². The van der Waals surface area contributed by atoms with Crippen molar-refractivity contribution in [3.63, 3.8) is 0 Å². The van der Waals surface area contributed by atoms with Gasteiger partial charge in [0, 0.05) is 12.1 Å². The molecule has 15 heavy (non-hydrogen) atoms. The van der Waals surface area contributed by atoms with E-state index in [0.29, 0.717) is 12.0 Å². The van der Waals surface area contributed by atoms with Gasteiger partial charge in [0.2, 0.25) is 0 Å². The van der Waals surface area contributed by atoms with Crippen LogP contribution in [-0.4, -0.2) is 6.04 Å². The highest BCUT2D eigenvalue weighted by Crippen LogP contribution is 2.15. The van der Waals surface area contributed by atoms with E-state index in [2.05, 4.69) is 33.0 Å². The molecule has 0 fully saturated rings. The molecule has 0 aliphatic heterocycles. The molecule has 1 aromatic rings. The fourth-order valence-corrected chi connectivity index (χ4v) is 1.46. The fraction of sp³-hybridized carbons (Fsp3) is 0.538. The molecule has 1 aromatic carbocycles. The predicted molar refractivity (Wildman–Crippen MR) is 62.3 cm³/mol. The zero-order chi connectivity index (χ0) is 11.4. The summed E-state index contributed by atoms with van der Waals surface area (Å²) < 4.78 is 13.0. The number of halogens is 1. The van der Waals surface area contributed by atoms with Crippen LogP contribution in [0, 0.1) is 11.7 Å². The van der Waals surface area contributed by atoms with Gasteiger partial charge in [0.05, 0.1) is 0 Å². The number of hydrogen-bond donors (Lipinski definition) is 1. The van der Waals surface area contributed by atoms with E-state index in [9.17, 15) is 4.39 Å². The smallest absolute Gasteiger partial charge is 0.123 e. The van der Waals surface area contributed by atoms with Crippen molar-refractivity contribution in [3.8, 4) is 0 Å². The van der Waals surface area contributed by atoms with Gasteiger partial charge in [0.1, 0.15) is 5.82 Å². The van der Waals surface area contributed by atoms with Crippen molar-refractivity contribution in [2.24, 2.45) is 5.92 Å². The maximum absolute atomic E-state index is 13.0. The molecule has 84 valence electrons.